The summed E-state index contributed by atoms with van der Waals surface area (Å²) in [5, 5.41) is 9.31. The van der Waals surface area contributed by atoms with E-state index in [1.165, 1.54) is 23.0 Å². The van der Waals surface area contributed by atoms with Crippen molar-refractivity contribution in [2.75, 3.05) is 54.9 Å². The molecule has 3 aromatic heterocycles. The molecule has 5 heterocycles. The van der Waals surface area contributed by atoms with Crippen LogP contribution in [0.2, 0.25) is 0 Å². The second-order valence-electron chi connectivity index (χ2n) is 8.94. The number of hydrogen-bond acceptors (Lipinski definition) is 9. The number of aryl methyl sites for hydroxylation is 1. The van der Waals surface area contributed by atoms with Crippen molar-refractivity contribution in [1.29, 1.82) is 0 Å². The van der Waals surface area contributed by atoms with Gasteiger partial charge < -0.3 is 19.8 Å². The first kappa shape index (κ1) is 25.7. The number of hydrogen-bond donors (Lipinski definition) is 2. The van der Waals surface area contributed by atoms with Crippen LogP contribution >= 0.6 is 0 Å². The number of ether oxygens (including phenoxy) is 1. The molecule has 0 saturated carbocycles. The number of rotatable bonds is 7. The predicted octanol–water partition coefficient (Wildman–Crippen LogP) is 2.13. The third-order valence-electron chi connectivity index (χ3n) is 6.19. The minimum Gasteiger partial charge on any atom is -0.444 e. The van der Waals surface area contributed by atoms with Crippen LogP contribution < -0.4 is 15.5 Å². The van der Waals surface area contributed by atoms with Gasteiger partial charge in [-0.3, -0.25) is 24.1 Å². The molecule has 0 aromatic carbocycles. The lowest BCUT2D eigenvalue weighted by Crippen LogP contribution is -2.44. The number of oxazole rings is 1. The smallest absolute Gasteiger partial charge is 0.405 e. The first-order chi connectivity index (χ1) is 18.2. The third-order valence-corrected chi connectivity index (χ3v) is 6.19. The molecule has 0 radical (unpaired) electrons. The first-order valence-electron chi connectivity index (χ1n) is 11.9. The summed E-state index contributed by atoms with van der Waals surface area (Å²) in [4.78, 5) is 37.6. The number of nitrogens with one attached hydrogen (secondary N) is 2. The van der Waals surface area contributed by atoms with Gasteiger partial charge in [-0.2, -0.15) is 18.3 Å². The van der Waals surface area contributed by atoms with Gasteiger partial charge in [0.05, 0.1) is 19.4 Å². The maximum absolute atomic E-state index is 13.0. The molecule has 5 rings (SSSR count). The van der Waals surface area contributed by atoms with Crippen molar-refractivity contribution in [2.45, 2.75) is 18.6 Å². The lowest BCUT2D eigenvalue weighted by Gasteiger charge is -2.31. The Hall–Kier alpha value is -3.98. The van der Waals surface area contributed by atoms with E-state index in [0.29, 0.717) is 43.2 Å². The lowest BCUT2D eigenvalue weighted by atomic mass is 10.2. The number of nitrogens with zero attached hydrogens (tertiary/aromatic N) is 6. The minimum atomic E-state index is -4.40. The van der Waals surface area contributed by atoms with E-state index < -0.39 is 18.6 Å². The Bertz CT molecular complexity index is 1320. The number of aromatic nitrogens is 4. The summed E-state index contributed by atoms with van der Waals surface area (Å²) in [6, 6.07) is 2.86. The Morgan fingerprint density at radius 3 is 2.82 bits per heavy atom. The van der Waals surface area contributed by atoms with E-state index in [1.54, 1.807) is 18.1 Å². The van der Waals surface area contributed by atoms with Gasteiger partial charge in [0.25, 0.3) is 5.91 Å². The number of alkyl halides is 3. The summed E-state index contributed by atoms with van der Waals surface area (Å²) in [5.41, 5.74) is 0.610. The number of amides is 2. The number of carbonyl (C=O) groups is 2. The highest BCUT2D eigenvalue weighted by Crippen LogP contribution is 2.30. The van der Waals surface area contributed by atoms with E-state index in [0.717, 1.165) is 19.4 Å². The molecule has 0 aliphatic carbocycles. The highest BCUT2D eigenvalue weighted by atomic mass is 19.4. The molecule has 3 aromatic rings. The summed E-state index contributed by atoms with van der Waals surface area (Å²) in [5.74, 6) is -0.348. The average Bonchev–Trinajstić information content (AvgIpc) is 3.62. The van der Waals surface area contributed by atoms with E-state index in [1.807, 2.05) is 0 Å². The van der Waals surface area contributed by atoms with Gasteiger partial charge in [-0.1, -0.05) is 0 Å². The first-order valence-corrected chi connectivity index (χ1v) is 11.9. The molecule has 2 aliphatic heterocycles. The summed E-state index contributed by atoms with van der Waals surface area (Å²) in [7, 11) is 1.68. The van der Waals surface area contributed by atoms with Gasteiger partial charge in [0.15, 0.2) is 11.5 Å². The maximum Gasteiger partial charge on any atom is 0.405 e. The topological polar surface area (TPSA) is 131 Å². The third kappa shape index (κ3) is 5.78. The zero-order valence-corrected chi connectivity index (χ0v) is 20.4. The molecule has 0 bridgehead atoms. The van der Waals surface area contributed by atoms with Crippen LogP contribution in [0, 0.1) is 0 Å². The van der Waals surface area contributed by atoms with Gasteiger partial charge in [-0.25, -0.2) is 9.97 Å². The molecule has 2 N–H and O–H groups in total. The zero-order chi connectivity index (χ0) is 26.9. The molecule has 0 spiro atoms. The normalized spacial score (nSPS) is 18.7. The SMILES string of the molecule is Cn1cc(NC(=O)c2coc(-c3ccnc(NCC(F)(F)F)c3)n2)c(N2C[C@@H](N3CCOCC3)CC2=O)n1. The Kier molecular flexibility index (Phi) is 7.03. The van der Waals surface area contributed by atoms with Gasteiger partial charge in [0, 0.05) is 50.9 Å². The van der Waals surface area contributed by atoms with Gasteiger partial charge in [-0.15, -0.1) is 0 Å². The molecular formula is C23H25F3N8O4. The molecule has 1 atom stereocenters. The Morgan fingerprint density at radius 2 is 2.05 bits per heavy atom. The second-order valence-corrected chi connectivity index (χ2v) is 8.94. The molecule has 15 heteroatoms. The van der Waals surface area contributed by atoms with Gasteiger partial charge >= 0.3 is 6.18 Å². The summed E-state index contributed by atoms with van der Waals surface area (Å²) < 4.78 is 49.8. The predicted molar refractivity (Wildman–Crippen MR) is 129 cm³/mol. The van der Waals surface area contributed by atoms with Gasteiger partial charge in [0.1, 0.15) is 24.3 Å². The number of pyridine rings is 1. The van der Waals surface area contributed by atoms with Gasteiger partial charge in [0.2, 0.25) is 11.8 Å². The molecule has 2 fully saturated rings. The fourth-order valence-electron chi connectivity index (χ4n) is 4.39. The van der Waals surface area contributed by atoms with E-state index >= 15 is 0 Å². The monoisotopic (exact) mass is 534 g/mol. The number of carbonyl (C=O) groups excluding carboxylic acids is 2. The van der Waals surface area contributed by atoms with Crippen molar-refractivity contribution in [2.24, 2.45) is 7.05 Å². The summed E-state index contributed by atoms with van der Waals surface area (Å²) in [6.45, 7) is 1.95. The van der Waals surface area contributed by atoms with E-state index in [4.69, 9.17) is 9.15 Å². The molecule has 202 valence electrons. The van der Waals surface area contributed by atoms with Crippen LogP contribution in [-0.4, -0.2) is 88.1 Å². The van der Waals surface area contributed by atoms with Crippen LogP contribution in [0.1, 0.15) is 16.9 Å². The number of morpholine rings is 1. The number of halogens is 3. The zero-order valence-electron chi connectivity index (χ0n) is 20.4. The van der Waals surface area contributed by atoms with Crippen molar-refractivity contribution in [3.8, 4) is 11.5 Å². The average molecular weight is 534 g/mol. The van der Waals surface area contributed by atoms with Crippen molar-refractivity contribution in [3.05, 3.63) is 36.5 Å². The van der Waals surface area contributed by atoms with Crippen molar-refractivity contribution in [3.63, 3.8) is 0 Å². The van der Waals surface area contributed by atoms with Crippen molar-refractivity contribution >= 4 is 29.1 Å². The minimum absolute atomic E-state index is 0.0188. The van der Waals surface area contributed by atoms with E-state index in [9.17, 15) is 22.8 Å². The summed E-state index contributed by atoms with van der Waals surface area (Å²) in [6.07, 6.45) is -0.0237. The molecule has 2 amide bonds. The van der Waals surface area contributed by atoms with Crippen LogP contribution in [0.15, 0.2) is 35.2 Å². The standard InChI is InChI=1S/C23H25F3N8O4/c1-32-11-16(20(31-32)34-10-15(9-19(34)35)33-4-6-37-7-5-33)29-21(36)17-12-38-22(30-17)14-2-3-27-18(8-14)28-13-23(24,25)26/h2-3,8,11-12,15H,4-7,9-10,13H2,1H3,(H,27,28)(H,29,36)/t15-/m0/s1. The van der Waals surface area contributed by atoms with Gasteiger partial charge in [-0.05, 0) is 12.1 Å². The highest BCUT2D eigenvalue weighted by Gasteiger charge is 2.37. The quantitative estimate of drug-likeness (QED) is 0.468. The Morgan fingerprint density at radius 1 is 1.26 bits per heavy atom. The Labute approximate surface area is 214 Å². The van der Waals surface area contributed by atoms with Crippen LogP contribution in [0.5, 0.6) is 0 Å². The Balaban J connectivity index is 1.28. The largest absolute Gasteiger partial charge is 0.444 e. The molecule has 38 heavy (non-hydrogen) atoms. The molecular weight excluding hydrogens is 509 g/mol. The molecule has 12 nitrogen and oxygen atoms in total. The van der Waals surface area contributed by atoms with Crippen LogP contribution in [0.3, 0.4) is 0 Å². The van der Waals surface area contributed by atoms with Crippen molar-refractivity contribution < 1.29 is 31.9 Å². The molecule has 2 saturated heterocycles. The van der Waals surface area contributed by atoms with Crippen LogP contribution in [-0.2, 0) is 16.6 Å². The van der Waals surface area contributed by atoms with E-state index in [2.05, 4.69) is 30.6 Å². The van der Waals surface area contributed by atoms with E-state index in [-0.39, 0.29) is 29.4 Å². The fraction of sp³-hybridized carbons (Fsp3) is 0.435. The molecule has 2 aliphatic rings. The highest BCUT2D eigenvalue weighted by molar-refractivity contribution is 6.06. The van der Waals surface area contributed by atoms with Crippen LogP contribution in [0.25, 0.3) is 11.5 Å². The fourth-order valence-corrected chi connectivity index (χ4v) is 4.39. The maximum atomic E-state index is 13.0. The number of anilines is 3. The molecule has 0 unspecified atom stereocenters. The summed E-state index contributed by atoms with van der Waals surface area (Å²) >= 11 is 0. The van der Waals surface area contributed by atoms with Crippen LogP contribution in [0.4, 0.5) is 30.5 Å². The lowest BCUT2D eigenvalue weighted by molar-refractivity contribution is -0.117. The second kappa shape index (κ2) is 10.4. The van der Waals surface area contributed by atoms with Crippen molar-refractivity contribution in [1.82, 2.24) is 24.6 Å².